The molecule has 0 aromatic carbocycles. The molecule has 2 amide bonds. The fraction of sp³-hybridized carbons (Fsp3) is 0.857. The number of hydrogen-bond donors (Lipinski definition) is 2. The summed E-state index contributed by atoms with van der Waals surface area (Å²) in [6.45, 7) is 5.39. The molecule has 3 atom stereocenters. The van der Waals surface area contributed by atoms with Gasteiger partial charge in [0.1, 0.15) is 12.7 Å². The van der Waals surface area contributed by atoms with Gasteiger partial charge in [0.15, 0.2) is 0 Å². The summed E-state index contributed by atoms with van der Waals surface area (Å²) in [5.74, 6) is -0.163. The molecule has 0 radical (unpaired) electrons. The number of carbonyl (C=O) groups is 2. The molecule has 2 N–H and O–H groups in total. The molecule has 0 aromatic rings. The molecule has 0 bridgehead atoms. The van der Waals surface area contributed by atoms with Gasteiger partial charge < -0.3 is 24.8 Å². The highest BCUT2D eigenvalue weighted by Crippen LogP contribution is 2.16. The molecule has 2 aliphatic rings. The van der Waals surface area contributed by atoms with Crippen molar-refractivity contribution in [3.8, 4) is 0 Å². The Balaban J connectivity index is 1.75. The van der Waals surface area contributed by atoms with Crippen LogP contribution in [-0.2, 0) is 19.1 Å². The van der Waals surface area contributed by atoms with E-state index in [9.17, 15) is 14.7 Å². The second-order valence-corrected chi connectivity index (χ2v) is 5.78. The highest BCUT2D eigenvalue weighted by atomic mass is 16.5. The number of rotatable bonds is 5. The first-order valence-electron chi connectivity index (χ1n) is 7.57. The summed E-state index contributed by atoms with van der Waals surface area (Å²) >= 11 is 0. The van der Waals surface area contributed by atoms with Gasteiger partial charge in [-0.1, -0.05) is 0 Å². The van der Waals surface area contributed by atoms with Crippen molar-refractivity contribution in [2.45, 2.75) is 25.2 Å². The molecule has 0 saturated carbocycles. The van der Waals surface area contributed by atoms with Crippen molar-refractivity contribution in [3.63, 3.8) is 0 Å². The number of carbonyl (C=O) groups excluding carboxylic acids is 2. The molecule has 0 spiro atoms. The fourth-order valence-corrected chi connectivity index (χ4v) is 2.85. The van der Waals surface area contributed by atoms with Crippen LogP contribution in [0.4, 0.5) is 0 Å². The van der Waals surface area contributed by atoms with Crippen molar-refractivity contribution in [1.29, 1.82) is 0 Å². The largest absolute Gasteiger partial charge is 0.388 e. The maximum absolute atomic E-state index is 11.5. The summed E-state index contributed by atoms with van der Waals surface area (Å²) in [4.78, 5) is 26.8. The van der Waals surface area contributed by atoms with Crippen LogP contribution in [-0.4, -0.2) is 98.0 Å². The number of aliphatic hydroxyl groups is 1. The Morgan fingerprint density at radius 2 is 2.00 bits per heavy atom. The van der Waals surface area contributed by atoms with Crippen LogP contribution in [0, 0.1) is 0 Å². The smallest absolute Gasteiger partial charge is 0.246 e. The molecule has 2 aliphatic heterocycles. The van der Waals surface area contributed by atoms with E-state index in [1.807, 2.05) is 4.90 Å². The summed E-state index contributed by atoms with van der Waals surface area (Å²) in [5, 5.41) is 13.0. The zero-order valence-corrected chi connectivity index (χ0v) is 13.2. The van der Waals surface area contributed by atoms with Crippen molar-refractivity contribution >= 4 is 11.8 Å². The van der Waals surface area contributed by atoms with Crippen LogP contribution < -0.4 is 5.32 Å². The van der Waals surface area contributed by atoms with Gasteiger partial charge in [-0.15, -0.1) is 0 Å². The van der Waals surface area contributed by atoms with E-state index in [1.165, 1.54) is 7.11 Å². The molecule has 8 heteroatoms. The topological polar surface area (TPSA) is 91.3 Å². The van der Waals surface area contributed by atoms with Crippen LogP contribution in [0.3, 0.4) is 0 Å². The highest BCUT2D eigenvalue weighted by Gasteiger charge is 2.38. The maximum atomic E-state index is 11.5. The van der Waals surface area contributed by atoms with E-state index in [0.29, 0.717) is 26.2 Å². The van der Waals surface area contributed by atoms with Crippen LogP contribution in [0.1, 0.15) is 6.92 Å². The minimum atomic E-state index is -0.730. The molecule has 0 aromatic heterocycles. The number of hydrogen-bond acceptors (Lipinski definition) is 6. The first-order chi connectivity index (χ1) is 10.5. The Morgan fingerprint density at radius 1 is 1.32 bits per heavy atom. The molecular formula is C14H25N3O5. The number of nitrogens with one attached hydrogen (secondary N) is 1. The molecule has 126 valence electrons. The SMILES string of the molecule is COCC(=O)NC1COC(CN2CCN(C(C)=O)CC2)C1O. The molecular weight excluding hydrogens is 290 g/mol. The summed E-state index contributed by atoms with van der Waals surface area (Å²) in [7, 11) is 1.45. The highest BCUT2D eigenvalue weighted by molar-refractivity contribution is 5.77. The Labute approximate surface area is 130 Å². The Bertz CT molecular complexity index is 398. The molecule has 3 unspecified atom stereocenters. The van der Waals surface area contributed by atoms with Crippen LogP contribution >= 0.6 is 0 Å². The number of ether oxygens (including phenoxy) is 2. The monoisotopic (exact) mass is 315 g/mol. The molecule has 22 heavy (non-hydrogen) atoms. The van der Waals surface area contributed by atoms with Gasteiger partial charge in [0.05, 0.1) is 18.8 Å². The van der Waals surface area contributed by atoms with Gasteiger partial charge in [-0.3, -0.25) is 14.5 Å². The fourth-order valence-electron chi connectivity index (χ4n) is 2.85. The second-order valence-electron chi connectivity index (χ2n) is 5.78. The van der Waals surface area contributed by atoms with Gasteiger partial charge in [-0.25, -0.2) is 0 Å². The molecule has 2 heterocycles. The van der Waals surface area contributed by atoms with E-state index in [2.05, 4.69) is 10.2 Å². The number of methoxy groups -OCH3 is 1. The van der Waals surface area contributed by atoms with E-state index >= 15 is 0 Å². The van der Waals surface area contributed by atoms with Gasteiger partial charge >= 0.3 is 0 Å². The van der Waals surface area contributed by atoms with Crippen molar-refractivity contribution < 1.29 is 24.2 Å². The van der Waals surface area contributed by atoms with Crippen LogP contribution in [0.25, 0.3) is 0 Å². The zero-order chi connectivity index (χ0) is 16.1. The van der Waals surface area contributed by atoms with Crippen molar-refractivity contribution in [2.75, 3.05) is 53.0 Å². The lowest BCUT2D eigenvalue weighted by atomic mass is 10.1. The van der Waals surface area contributed by atoms with Crippen LogP contribution in [0.2, 0.25) is 0 Å². The normalized spacial score (nSPS) is 29.6. The average Bonchev–Trinajstić information content (AvgIpc) is 2.81. The van der Waals surface area contributed by atoms with Crippen LogP contribution in [0.5, 0.6) is 0 Å². The van der Waals surface area contributed by atoms with Crippen molar-refractivity contribution in [3.05, 3.63) is 0 Å². The third kappa shape index (κ3) is 4.39. The number of aliphatic hydroxyl groups excluding tert-OH is 1. The standard InChI is InChI=1S/C14H25N3O5/c1-10(18)17-5-3-16(4-6-17)7-12-14(20)11(8-22-12)15-13(19)9-21-2/h11-12,14,20H,3-9H2,1-2H3,(H,15,19). The Kier molecular flexibility index (Phi) is 6.13. The third-order valence-electron chi connectivity index (χ3n) is 4.16. The minimum Gasteiger partial charge on any atom is -0.388 e. The quantitative estimate of drug-likeness (QED) is 0.612. The van der Waals surface area contributed by atoms with E-state index in [4.69, 9.17) is 9.47 Å². The lowest BCUT2D eigenvalue weighted by Crippen LogP contribution is -2.52. The maximum Gasteiger partial charge on any atom is 0.246 e. The van der Waals surface area contributed by atoms with Gasteiger partial charge in [0.2, 0.25) is 11.8 Å². The molecule has 2 rings (SSSR count). The molecule has 2 saturated heterocycles. The minimum absolute atomic E-state index is 0.0269. The lowest BCUT2D eigenvalue weighted by molar-refractivity contribution is -0.130. The van der Waals surface area contributed by atoms with E-state index in [-0.39, 0.29) is 24.5 Å². The van der Waals surface area contributed by atoms with Gasteiger partial charge in [0.25, 0.3) is 0 Å². The molecule has 2 fully saturated rings. The summed E-state index contributed by atoms with van der Waals surface area (Å²) in [5.41, 5.74) is 0. The van der Waals surface area contributed by atoms with Gasteiger partial charge in [0, 0.05) is 46.8 Å². The van der Waals surface area contributed by atoms with E-state index in [1.54, 1.807) is 6.92 Å². The molecule has 0 aliphatic carbocycles. The van der Waals surface area contributed by atoms with Gasteiger partial charge in [-0.2, -0.15) is 0 Å². The van der Waals surface area contributed by atoms with E-state index in [0.717, 1.165) is 13.1 Å². The average molecular weight is 315 g/mol. The zero-order valence-electron chi connectivity index (χ0n) is 13.2. The lowest BCUT2D eigenvalue weighted by Gasteiger charge is -2.35. The molecule has 8 nitrogen and oxygen atoms in total. The Hall–Kier alpha value is -1.22. The predicted molar refractivity (Wildman–Crippen MR) is 78.2 cm³/mol. The van der Waals surface area contributed by atoms with Crippen molar-refractivity contribution in [2.24, 2.45) is 0 Å². The number of amides is 2. The Morgan fingerprint density at radius 3 is 2.59 bits per heavy atom. The second kappa shape index (κ2) is 7.87. The predicted octanol–water partition coefficient (Wildman–Crippen LogP) is -1.96. The number of nitrogens with zero attached hydrogens (tertiary/aromatic N) is 2. The first-order valence-corrected chi connectivity index (χ1v) is 7.57. The van der Waals surface area contributed by atoms with Crippen LogP contribution in [0.15, 0.2) is 0 Å². The summed E-state index contributed by atoms with van der Waals surface area (Å²) in [6.07, 6.45) is -1.05. The summed E-state index contributed by atoms with van der Waals surface area (Å²) < 4.78 is 10.4. The third-order valence-corrected chi connectivity index (χ3v) is 4.16. The summed E-state index contributed by atoms with van der Waals surface area (Å²) in [6, 6.07) is -0.397. The van der Waals surface area contributed by atoms with E-state index < -0.39 is 12.1 Å². The van der Waals surface area contributed by atoms with Gasteiger partial charge in [-0.05, 0) is 0 Å². The van der Waals surface area contributed by atoms with Crippen molar-refractivity contribution in [1.82, 2.24) is 15.1 Å². The number of piperazine rings is 1. The first kappa shape index (κ1) is 17.1.